The van der Waals surface area contributed by atoms with Crippen LogP contribution in [0.2, 0.25) is 0 Å². The molecule has 0 spiro atoms. The molecule has 0 radical (unpaired) electrons. The highest BCUT2D eigenvalue weighted by Crippen LogP contribution is 2.40. The van der Waals surface area contributed by atoms with Gasteiger partial charge < -0.3 is 4.74 Å². The first-order valence-electron chi connectivity index (χ1n) is 10.2. The molecule has 0 unspecified atom stereocenters. The standard InChI is InChI=1S/C22H21BrN4O2S3/c1-11(2)16-8-14-17(9-29-16)32-20-18(14)19-25-26-22(27(19)21(24-20)30-3)31-10-15(28)12-4-6-13(23)7-5-12/h4-7,11,16H,8-10H2,1-3H3/t16-/m0/s1. The van der Waals surface area contributed by atoms with Crippen molar-refractivity contribution in [3.63, 3.8) is 0 Å². The zero-order valence-electron chi connectivity index (χ0n) is 17.8. The molecule has 4 heterocycles. The van der Waals surface area contributed by atoms with Crippen LogP contribution in [0.1, 0.15) is 34.6 Å². The van der Waals surface area contributed by atoms with Crippen molar-refractivity contribution >= 4 is 72.4 Å². The van der Waals surface area contributed by atoms with Gasteiger partial charge >= 0.3 is 0 Å². The number of halogens is 1. The summed E-state index contributed by atoms with van der Waals surface area (Å²) in [4.78, 5) is 19.8. The normalized spacial score (nSPS) is 16.2. The van der Waals surface area contributed by atoms with E-state index in [0.29, 0.717) is 29.0 Å². The van der Waals surface area contributed by atoms with Crippen molar-refractivity contribution in [3.05, 3.63) is 44.7 Å². The maximum Gasteiger partial charge on any atom is 0.198 e. The second kappa shape index (κ2) is 9.06. The van der Waals surface area contributed by atoms with E-state index in [0.717, 1.165) is 31.9 Å². The lowest BCUT2D eigenvalue weighted by Gasteiger charge is -2.26. The highest BCUT2D eigenvalue weighted by Gasteiger charge is 2.29. The van der Waals surface area contributed by atoms with Crippen LogP contribution in [-0.2, 0) is 17.8 Å². The molecule has 0 saturated heterocycles. The first kappa shape index (κ1) is 22.3. The number of aromatic nitrogens is 4. The van der Waals surface area contributed by atoms with Gasteiger partial charge in [0.05, 0.1) is 23.8 Å². The van der Waals surface area contributed by atoms with Gasteiger partial charge in [0.15, 0.2) is 21.7 Å². The molecule has 10 heteroatoms. The summed E-state index contributed by atoms with van der Waals surface area (Å²) in [6.07, 6.45) is 3.06. The fourth-order valence-electron chi connectivity index (χ4n) is 3.83. The minimum atomic E-state index is 0.0591. The molecule has 3 aromatic heterocycles. The van der Waals surface area contributed by atoms with Crippen LogP contribution in [0.3, 0.4) is 0 Å². The zero-order valence-corrected chi connectivity index (χ0v) is 21.8. The second-order valence-corrected chi connectivity index (χ2v) is 11.7. The fraction of sp³-hybridized carbons (Fsp3) is 0.364. The SMILES string of the molecule is CSc1nc2sc3c(c2c2nnc(SCC(=O)c4ccc(Br)cc4)n12)C[C@@H](C(C)C)OC3. The number of hydrogen-bond donors (Lipinski definition) is 0. The summed E-state index contributed by atoms with van der Waals surface area (Å²) in [5, 5.41) is 11.6. The van der Waals surface area contributed by atoms with Gasteiger partial charge in [0.2, 0.25) is 0 Å². The van der Waals surface area contributed by atoms with E-state index in [4.69, 9.17) is 9.72 Å². The summed E-state index contributed by atoms with van der Waals surface area (Å²) in [5.41, 5.74) is 2.79. The number of ketones is 1. The molecule has 0 amide bonds. The molecule has 32 heavy (non-hydrogen) atoms. The lowest BCUT2D eigenvalue weighted by molar-refractivity contribution is 0.00203. The number of hydrogen-bond acceptors (Lipinski definition) is 8. The summed E-state index contributed by atoms with van der Waals surface area (Å²) >= 11 is 8.06. The second-order valence-electron chi connectivity index (χ2n) is 7.94. The van der Waals surface area contributed by atoms with Crippen LogP contribution in [0.5, 0.6) is 0 Å². The lowest BCUT2D eigenvalue weighted by Crippen LogP contribution is -2.26. The Kier molecular flexibility index (Phi) is 6.32. The maximum atomic E-state index is 12.7. The van der Waals surface area contributed by atoms with E-state index in [2.05, 4.69) is 40.0 Å². The van der Waals surface area contributed by atoms with Gasteiger partial charge in [-0.3, -0.25) is 4.79 Å². The molecule has 0 N–H and O–H groups in total. The first-order valence-corrected chi connectivity index (χ1v) is 14.0. The third-order valence-electron chi connectivity index (χ3n) is 5.58. The predicted molar refractivity (Wildman–Crippen MR) is 134 cm³/mol. The summed E-state index contributed by atoms with van der Waals surface area (Å²) in [6, 6.07) is 7.42. The Morgan fingerprint density at radius 1 is 1.28 bits per heavy atom. The number of benzene rings is 1. The molecule has 1 aliphatic rings. The third kappa shape index (κ3) is 4.00. The highest BCUT2D eigenvalue weighted by molar-refractivity contribution is 9.10. The molecular weight excluding hydrogens is 528 g/mol. The van der Waals surface area contributed by atoms with Crippen LogP contribution in [-0.4, -0.2) is 43.5 Å². The quantitative estimate of drug-likeness (QED) is 0.169. The molecular formula is C22H21BrN4O2S3. The Bertz CT molecular complexity index is 1320. The number of thiophene rings is 1. The Morgan fingerprint density at radius 3 is 2.78 bits per heavy atom. The average molecular weight is 550 g/mol. The molecule has 1 aromatic carbocycles. The molecule has 1 atom stereocenters. The van der Waals surface area contributed by atoms with E-state index in [9.17, 15) is 4.79 Å². The van der Waals surface area contributed by atoms with Crippen LogP contribution in [0.25, 0.3) is 15.9 Å². The molecule has 0 fully saturated rings. The summed E-state index contributed by atoms with van der Waals surface area (Å²) < 4.78 is 9.03. The van der Waals surface area contributed by atoms with E-state index >= 15 is 0 Å². The third-order valence-corrected chi connectivity index (χ3v) is 8.77. The van der Waals surface area contributed by atoms with Gasteiger partial charge in [-0.1, -0.05) is 65.4 Å². The maximum absolute atomic E-state index is 12.7. The van der Waals surface area contributed by atoms with Crippen molar-refractivity contribution in [1.82, 2.24) is 19.6 Å². The minimum absolute atomic E-state index is 0.0591. The number of thioether (sulfide) groups is 2. The Hall–Kier alpha value is -1.46. The molecule has 166 valence electrons. The van der Waals surface area contributed by atoms with Crippen LogP contribution < -0.4 is 0 Å². The molecule has 4 aromatic rings. The Labute approximate surface area is 206 Å². The molecule has 6 nitrogen and oxygen atoms in total. The number of fused-ring (bicyclic) bond motifs is 5. The van der Waals surface area contributed by atoms with Crippen molar-refractivity contribution in [2.75, 3.05) is 12.0 Å². The molecule has 0 saturated carbocycles. The van der Waals surface area contributed by atoms with Crippen LogP contribution in [0, 0.1) is 5.92 Å². The minimum Gasteiger partial charge on any atom is -0.372 e. The summed E-state index contributed by atoms with van der Waals surface area (Å²) in [5.74, 6) is 0.796. The topological polar surface area (TPSA) is 69.4 Å². The largest absolute Gasteiger partial charge is 0.372 e. The lowest BCUT2D eigenvalue weighted by atomic mass is 9.96. The van der Waals surface area contributed by atoms with Crippen molar-refractivity contribution in [1.29, 1.82) is 0 Å². The van der Waals surface area contributed by atoms with Crippen molar-refractivity contribution in [2.24, 2.45) is 5.92 Å². The number of nitrogens with zero attached hydrogens (tertiary/aromatic N) is 4. The number of carbonyl (C=O) groups excluding carboxylic acids is 1. The van der Waals surface area contributed by atoms with E-state index in [1.807, 2.05) is 34.9 Å². The first-order chi connectivity index (χ1) is 15.5. The van der Waals surface area contributed by atoms with E-state index < -0.39 is 0 Å². The smallest absolute Gasteiger partial charge is 0.198 e. The van der Waals surface area contributed by atoms with Gasteiger partial charge in [-0.05, 0) is 29.9 Å². The van der Waals surface area contributed by atoms with Gasteiger partial charge in [-0.2, -0.15) is 0 Å². The average Bonchev–Trinajstić information content (AvgIpc) is 3.37. The van der Waals surface area contributed by atoms with E-state index in [1.54, 1.807) is 23.1 Å². The zero-order chi connectivity index (χ0) is 22.4. The fourth-order valence-corrected chi connectivity index (χ4v) is 6.69. The molecule has 0 aliphatic carbocycles. The number of Topliss-reactive ketones (excluding diaryl/α,β-unsaturated/α-hetero) is 1. The van der Waals surface area contributed by atoms with Gasteiger partial charge in [0, 0.05) is 21.3 Å². The number of carbonyl (C=O) groups is 1. The molecule has 0 bridgehead atoms. The van der Waals surface area contributed by atoms with E-state index in [-0.39, 0.29) is 11.9 Å². The molecule has 5 rings (SSSR count). The van der Waals surface area contributed by atoms with Gasteiger partial charge in [0.25, 0.3) is 0 Å². The van der Waals surface area contributed by atoms with E-state index in [1.165, 1.54) is 22.2 Å². The number of rotatable bonds is 6. The number of ether oxygens (including phenoxy) is 1. The Balaban J connectivity index is 1.52. The predicted octanol–water partition coefficient (Wildman–Crippen LogP) is 5.90. The highest BCUT2D eigenvalue weighted by atomic mass is 79.9. The van der Waals surface area contributed by atoms with Gasteiger partial charge in [-0.15, -0.1) is 21.5 Å². The van der Waals surface area contributed by atoms with Crippen LogP contribution in [0.15, 0.2) is 39.1 Å². The van der Waals surface area contributed by atoms with Gasteiger partial charge in [-0.25, -0.2) is 9.38 Å². The van der Waals surface area contributed by atoms with Crippen LogP contribution in [0.4, 0.5) is 0 Å². The van der Waals surface area contributed by atoms with Crippen LogP contribution >= 0.6 is 50.8 Å². The summed E-state index contributed by atoms with van der Waals surface area (Å²) in [6.45, 7) is 5.01. The van der Waals surface area contributed by atoms with Gasteiger partial charge in [0.1, 0.15) is 4.83 Å². The van der Waals surface area contributed by atoms with Crippen molar-refractivity contribution in [2.45, 2.75) is 43.3 Å². The van der Waals surface area contributed by atoms with Crippen molar-refractivity contribution < 1.29 is 9.53 Å². The molecule has 1 aliphatic heterocycles. The van der Waals surface area contributed by atoms with Crippen molar-refractivity contribution in [3.8, 4) is 0 Å². The Morgan fingerprint density at radius 2 is 2.06 bits per heavy atom. The summed E-state index contributed by atoms with van der Waals surface area (Å²) in [7, 11) is 0. The monoisotopic (exact) mass is 548 g/mol.